The van der Waals surface area contributed by atoms with Gasteiger partial charge < -0.3 is 4.74 Å². The summed E-state index contributed by atoms with van der Waals surface area (Å²) in [5.41, 5.74) is 3.49. The fraction of sp³-hybridized carbons (Fsp3) is 0.214. The van der Waals surface area contributed by atoms with Crippen LogP contribution in [0.25, 0.3) is 16.2 Å². The van der Waals surface area contributed by atoms with Crippen LogP contribution in [0.1, 0.15) is 12.5 Å². The molecule has 0 radical (unpaired) electrons. The molecule has 0 aliphatic carbocycles. The molecule has 92 valence electrons. The van der Waals surface area contributed by atoms with E-state index in [2.05, 4.69) is 33.8 Å². The number of aromatic nitrogens is 2. The Hall–Kier alpha value is -1.81. The molecule has 4 heteroatoms. The maximum absolute atomic E-state index is 5.71. The van der Waals surface area contributed by atoms with Crippen molar-refractivity contribution in [1.29, 1.82) is 0 Å². The topological polar surface area (TPSA) is 26.5 Å². The number of benzene rings is 1. The molecule has 0 bridgehead atoms. The van der Waals surface area contributed by atoms with Gasteiger partial charge in [0.2, 0.25) is 0 Å². The van der Waals surface area contributed by atoms with Crippen molar-refractivity contribution in [2.75, 3.05) is 6.61 Å². The van der Waals surface area contributed by atoms with Crippen molar-refractivity contribution in [3.8, 4) is 17.0 Å². The summed E-state index contributed by atoms with van der Waals surface area (Å²) in [5, 5.41) is 2.12. The highest BCUT2D eigenvalue weighted by Gasteiger charge is 2.11. The van der Waals surface area contributed by atoms with Gasteiger partial charge in [-0.15, -0.1) is 11.3 Å². The Balaban J connectivity index is 2.21. The van der Waals surface area contributed by atoms with E-state index < -0.39 is 0 Å². The summed E-state index contributed by atoms with van der Waals surface area (Å²) in [6.07, 6.45) is 3.81. The van der Waals surface area contributed by atoms with Crippen molar-refractivity contribution >= 4 is 16.3 Å². The lowest BCUT2D eigenvalue weighted by atomic mass is 10.1. The molecule has 2 aromatic heterocycles. The molecule has 3 nitrogen and oxygen atoms in total. The highest BCUT2D eigenvalue weighted by molar-refractivity contribution is 7.15. The Labute approximate surface area is 110 Å². The number of aryl methyl sites for hydroxylation is 1. The Morgan fingerprint density at radius 2 is 2.28 bits per heavy atom. The number of imidazole rings is 1. The maximum atomic E-state index is 5.71. The smallest absolute Gasteiger partial charge is 0.194 e. The van der Waals surface area contributed by atoms with E-state index in [1.807, 2.05) is 25.4 Å². The van der Waals surface area contributed by atoms with Gasteiger partial charge in [0.1, 0.15) is 5.75 Å². The summed E-state index contributed by atoms with van der Waals surface area (Å²) in [7, 11) is 0. The molecule has 0 unspecified atom stereocenters. The van der Waals surface area contributed by atoms with Gasteiger partial charge >= 0.3 is 0 Å². The Bertz CT molecular complexity index is 684. The van der Waals surface area contributed by atoms with E-state index in [0.717, 1.165) is 22.0 Å². The van der Waals surface area contributed by atoms with Gasteiger partial charge in [-0.05, 0) is 26.0 Å². The zero-order chi connectivity index (χ0) is 12.5. The SMILES string of the molecule is CCOc1ccc(C)cc1-c1csc2nccn12. The minimum Gasteiger partial charge on any atom is -0.493 e. The van der Waals surface area contributed by atoms with E-state index in [-0.39, 0.29) is 0 Å². The van der Waals surface area contributed by atoms with Gasteiger partial charge in [-0.3, -0.25) is 4.40 Å². The van der Waals surface area contributed by atoms with Crippen LogP contribution < -0.4 is 4.74 Å². The van der Waals surface area contributed by atoms with Crippen molar-refractivity contribution in [2.24, 2.45) is 0 Å². The number of hydrogen-bond acceptors (Lipinski definition) is 3. The number of rotatable bonds is 3. The zero-order valence-corrected chi connectivity index (χ0v) is 11.2. The highest BCUT2D eigenvalue weighted by atomic mass is 32.1. The molecule has 0 saturated carbocycles. The average Bonchev–Trinajstić information content (AvgIpc) is 2.94. The van der Waals surface area contributed by atoms with Gasteiger partial charge in [0, 0.05) is 23.3 Å². The maximum Gasteiger partial charge on any atom is 0.194 e. The van der Waals surface area contributed by atoms with Gasteiger partial charge in [0.05, 0.1) is 12.3 Å². The van der Waals surface area contributed by atoms with E-state index in [9.17, 15) is 0 Å². The number of ether oxygens (including phenoxy) is 1. The largest absolute Gasteiger partial charge is 0.493 e. The van der Waals surface area contributed by atoms with Crippen molar-refractivity contribution in [1.82, 2.24) is 9.38 Å². The molecule has 1 aromatic carbocycles. The van der Waals surface area contributed by atoms with Crippen LogP contribution in [0.4, 0.5) is 0 Å². The van der Waals surface area contributed by atoms with Crippen LogP contribution in [0.15, 0.2) is 36.0 Å². The van der Waals surface area contributed by atoms with Crippen LogP contribution in [-0.2, 0) is 0 Å². The predicted molar refractivity (Wildman–Crippen MR) is 74.4 cm³/mol. The van der Waals surface area contributed by atoms with Crippen LogP contribution in [0.5, 0.6) is 5.75 Å². The summed E-state index contributed by atoms with van der Waals surface area (Å²) in [6.45, 7) is 4.77. The number of fused-ring (bicyclic) bond motifs is 1. The van der Waals surface area contributed by atoms with Gasteiger partial charge in [0.25, 0.3) is 0 Å². The summed E-state index contributed by atoms with van der Waals surface area (Å²) in [4.78, 5) is 5.31. The van der Waals surface area contributed by atoms with Crippen molar-refractivity contribution in [3.63, 3.8) is 0 Å². The first-order chi connectivity index (χ1) is 8.79. The molecule has 2 heterocycles. The Morgan fingerprint density at radius 1 is 1.39 bits per heavy atom. The zero-order valence-electron chi connectivity index (χ0n) is 10.4. The fourth-order valence-corrected chi connectivity index (χ4v) is 2.90. The Kier molecular flexibility index (Phi) is 2.80. The highest BCUT2D eigenvalue weighted by Crippen LogP contribution is 2.33. The van der Waals surface area contributed by atoms with Crippen LogP contribution in [0, 0.1) is 6.92 Å². The fourth-order valence-electron chi connectivity index (χ4n) is 2.04. The molecule has 0 saturated heterocycles. The quantitative estimate of drug-likeness (QED) is 0.715. The molecular weight excluding hydrogens is 244 g/mol. The third kappa shape index (κ3) is 1.78. The van der Waals surface area contributed by atoms with E-state index in [0.29, 0.717) is 6.61 Å². The first-order valence-corrected chi connectivity index (χ1v) is 6.82. The minimum absolute atomic E-state index is 0.674. The van der Waals surface area contributed by atoms with Crippen LogP contribution in [-0.4, -0.2) is 16.0 Å². The molecule has 3 aromatic rings. The summed E-state index contributed by atoms with van der Waals surface area (Å²) in [5.74, 6) is 0.927. The molecule has 0 atom stereocenters. The lowest BCUT2D eigenvalue weighted by molar-refractivity contribution is 0.341. The first kappa shape index (κ1) is 11.3. The van der Waals surface area contributed by atoms with Crippen LogP contribution >= 0.6 is 11.3 Å². The lowest BCUT2D eigenvalue weighted by Crippen LogP contribution is -1.95. The summed E-state index contributed by atoms with van der Waals surface area (Å²) < 4.78 is 7.81. The third-order valence-corrected chi connectivity index (χ3v) is 3.71. The molecule has 0 fully saturated rings. The van der Waals surface area contributed by atoms with Crippen molar-refractivity contribution < 1.29 is 4.74 Å². The molecule has 0 N–H and O–H groups in total. The van der Waals surface area contributed by atoms with Crippen LogP contribution in [0.3, 0.4) is 0 Å². The average molecular weight is 258 g/mol. The number of thiazole rings is 1. The Morgan fingerprint density at radius 3 is 3.11 bits per heavy atom. The molecule has 18 heavy (non-hydrogen) atoms. The predicted octanol–water partition coefficient (Wildman–Crippen LogP) is 3.77. The van der Waals surface area contributed by atoms with Gasteiger partial charge in [-0.25, -0.2) is 4.98 Å². The molecule has 0 aliphatic rings. The van der Waals surface area contributed by atoms with E-state index in [1.165, 1.54) is 5.56 Å². The first-order valence-electron chi connectivity index (χ1n) is 5.94. The van der Waals surface area contributed by atoms with Crippen molar-refractivity contribution in [3.05, 3.63) is 41.5 Å². The second kappa shape index (κ2) is 4.46. The monoisotopic (exact) mass is 258 g/mol. The lowest BCUT2D eigenvalue weighted by Gasteiger charge is -2.10. The molecule has 0 spiro atoms. The van der Waals surface area contributed by atoms with Gasteiger partial charge in [-0.1, -0.05) is 11.6 Å². The minimum atomic E-state index is 0.674. The second-order valence-corrected chi connectivity index (χ2v) is 4.97. The van der Waals surface area contributed by atoms with Crippen molar-refractivity contribution in [2.45, 2.75) is 13.8 Å². The van der Waals surface area contributed by atoms with E-state index in [4.69, 9.17) is 4.74 Å². The van der Waals surface area contributed by atoms with Crippen LogP contribution in [0.2, 0.25) is 0 Å². The molecule has 0 aliphatic heterocycles. The van der Waals surface area contributed by atoms with E-state index >= 15 is 0 Å². The molecule has 3 rings (SSSR count). The third-order valence-electron chi connectivity index (χ3n) is 2.85. The summed E-state index contributed by atoms with van der Waals surface area (Å²) >= 11 is 1.64. The van der Waals surface area contributed by atoms with Gasteiger partial charge in [-0.2, -0.15) is 0 Å². The molecular formula is C14H14N2OS. The summed E-state index contributed by atoms with van der Waals surface area (Å²) in [6, 6.07) is 6.27. The van der Waals surface area contributed by atoms with E-state index in [1.54, 1.807) is 11.3 Å². The van der Waals surface area contributed by atoms with Gasteiger partial charge in [0.15, 0.2) is 4.96 Å². The molecule has 0 amide bonds. The number of nitrogens with zero attached hydrogens (tertiary/aromatic N) is 2. The number of hydrogen-bond donors (Lipinski definition) is 0. The second-order valence-electron chi connectivity index (χ2n) is 4.13. The normalized spacial score (nSPS) is 11.0. The standard InChI is InChI=1S/C14H14N2OS/c1-3-17-13-5-4-10(2)8-11(13)12-9-18-14-15-6-7-16(12)14/h4-9H,3H2,1-2H3.